The molecular formula is C25H32N4O2. The van der Waals surface area contributed by atoms with Gasteiger partial charge in [0.2, 0.25) is 11.8 Å². The van der Waals surface area contributed by atoms with Crippen molar-refractivity contribution in [3.05, 3.63) is 66.0 Å². The summed E-state index contributed by atoms with van der Waals surface area (Å²) in [6.07, 6.45) is 6.55. The zero-order valence-electron chi connectivity index (χ0n) is 18.2. The van der Waals surface area contributed by atoms with Crippen LogP contribution in [-0.4, -0.2) is 70.8 Å². The molecule has 2 aromatic rings. The van der Waals surface area contributed by atoms with Crippen molar-refractivity contribution in [2.24, 2.45) is 5.92 Å². The van der Waals surface area contributed by atoms with Gasteiger partial charge >= 0.3 is 0 Å². The Morgan fingerprint density at radius 1 is 0.806 bits per heavy atom. The topological polar surface area (TPSA) is 56.8 Å². The molecule has 4 rings (SSSR count). The van der Waals surface area contributed by atoms with Crippen molar-refractivity contribution >= 4 is 11.8 Å². The Balaban J connectivity index is 1.18. The number of likely N-dealkylation sites (tertiary alicyclic amines) is 1. The van der Waals surface area contributed by atoms with Gasteiger partial charge in [0.25, 0.3) is 0 Å². The van der Waals surface area contributed by atoms with E-state index in [-0.39, 0.29) is 17.7 Å². The van der Waals surface area contributed by atoms with Gasteiger partial charge in [-0.05, 0) is 42.5 Å². The highest BCUT2D eigenvalue weighted by molar-refractivity contribution is 5.80. The number of piperazine rings is 1. The molecule has 6 nitrogen and oxygen atoms in total. The van der Waals surface area contributed by atoms with E-state index in [2.05, 4.69) is 22.0 Å². The number of nitrogens with zero attached hydrogens (tertiary/aromatic N) is 4. The molecule has 2 aliphatic heterocycles. The average Bonchev–Trinajstić information content (AvgIpc) is 2.84. The van der Waals surface area contributed by atoms with E-state index in [4.69, 9.17) is 0 Å². The lowest BCUT2D eigenvalue weighted by Gasteiger charge is -2.38. The molecule has 2 fully saturated rings. The van der Waals surface area contributed by atoms with Crippen molar-refractivity contribution in [2.75, 3.05) is 39.3 Å². The highest BCUT2D eigenvalue weighted by Gasteiger charge is 2.31. The first-order valence-corrected chi connectivity index (χ1v) is 11.4. The molecule has 0 saturated carbocycles. The molecule has 2 aliphatic rings. The van der Waals surface area contributed by atoms with Crippen LogP contribution < -0.4 is 0 Å². The molecule has 0 spiro atoms. The molecule has 6 heteroatoms. The van der Waals surface area contributed by atoms with Gasteiger partial charge in [0.05, 0.1) is 0 Å². The maximum absolute atomic E-state index is 13.0. The zero-order chi connectivity index (χ0) is 21.5. The lowest BCUT2D eigenvalue weighted by molar-refractivity contribution is -0.142. The summed E-state index contributed by atoms with van der Waals surface area (Å²) in [5.41, 5.74) is 2.46. The first-order valence-electron chi connectivity index (χ1n) is 11.4. The number of piperidine rings is 1. The second kappa shape index (κ2) is 10.5. The van der Waals surface area contributed by atoms with Crippen LogP contribution in [0.5, 0.6) is 0 Å². The molecule has 0 atom stereocenters. The minimum atomic E-state index is 0.0601. The Labute approximate surface area is 184 Å². The van der Waals surface area contributed by atoms with Crippen molar-refractivity contribution < 1.29 is 9.59 Å². The Hall–Kier alpha value is -2.73. The SMILES string of the molecule is O=C(CCc1ccccc1)N1CCC(C(=O)N2CCN(Cc3ccncc3)CC2)CC1. The van der Waals surface area contributed by atoms with E-state index in [1.807, 2.05) is 52.5 Å². The second-order valence-corrected chi connectivity index (χ2v) is 8.60. The van der Waals surface area contributed by atoms with Gasteiger partial charge in [-0.1, -0.05) is 30.3 Å². The molecule has 164 valence electrons. The molecule has 2 saturated heterocycles. The van der Waals surface area contributed by atoms with Gasteiger partial charge in [0.15, 0.2) is 0 Å². The van der Waals surface area contributed by atoms with Gasteiger partial charge < -0.3 is 9.80 Å². The smallest absolute Gasteiger partial charge is 0.225 e. The summed E-state index contributed by atoms with van der Waals surface area (Å²) in [6, 6.07) is 14.2. The summed E-state index contributed by atoms with van der Waals surface area (Å²) in [4.78, 5) is 36.0. The van der Waals surface area contributed by atoms with E-state index >= 15 is 0 Å². The van der Waals surface area contributed by atoms with Gasteiger partial charge in [-0.3, -0.25) is 19.5 Å². The minimum Gasteiger partial charge on any atom is -0.343 e. The summed E-state index contributed by atoms with van der Waals surface area (Å²) >= 11 is 0. The number of amides is 2. The third-order valence-electron chi connectivity index (χ3n) is 6.51. The van der Waals surface area contributed by atoms with Gasteiger partial charge in [0.1, 0.15) is 0 Å². The third kappa shape index (κ3) is 5.91. The number of aryl methyl sites for hydroxylation is 1. The molecule has 0 aliphatic carbocycles. The van der Waals surface area contributed by atoms with Crippen LogP contribution in [0, 0.1) is 5.92 Å². The van der Waals surface area contributed by atoms with Gasteiger partial charge in [-0.2, -0.15) is 0 Å². The van der Waals surface area contributed by atoms with Crippen LogP contribution in [-0.2, 0) is 22.6 Å². The zero-order valence-corrected chi connectivity index (χ0v) is 18.2. The van der Waals surface area contributed by atoms with Crippen molar-refractivity contribution in [3.8, 4) is 0 Å². The number of benzene rings is 1. The first kappa shape index (κ1) is 21.5. The summed E-state index contributed by atoms with van der Waals surface area (Å²) < 4.78 is 0. The van der Waals surface area contributed by atoms with E-state index in [1.54, 1.807) is 0 Å². The number of carbonyl (C=O) groups excluding carboxylic acids is 2. The number of hydrogen-bond acceptors (Lipinski definition) is 4. The number of aromatic nitrogens is 1. The molecule has 1 aromatic carbocycles. The molecule has 1 aromatic heterocycles. The summed E-state index contributed by atoms with van der Waals surface area (Å²) in [5.74, 6) is 0.546. The summed E-state index contributed by atoms with van der Waals surface area (Å²) in [7, 11) is 0. The molecule has 0 radical (unpaired) electrons. The lowest BCUT2D eigenvalue weighted by Crippen LogP contribution is -2.51. The first-order chi connectivity index (χ1) is 15.2. The molecule has 3 heterocycles. The molecule has 2 amide bonds. The van der Waals surface area contributed by atoms with Crippen LogP contribution in [0.1, 0.15) is 30.4 Å². The molecule has 31 heavy (non-hydrogen) atoms. The van der Waals surface area contributed by atoms with E-state index < -0.39 is 0 Å². The average molecular weight is 421 g/mol. The predicted molar refractivity (Wildman–Crippen MR) is 120 cm³/mol. The van der Waals surface area contributed by atoms with Gasteiger partial charge in [-0.15, -0.1) is 0 Å². The summed E-state index contributed by atoms with van der Waals surface area (Å²) in [5, 5.41) is 0. The Bertz CT molecular complexity index is 842. The van der Waals surface area contributed by atoms with E-state index in [0.29, 0.717) is 19.5 Å². The van der Waals surface area contributed by atoms with Gasteiger partial charge in [-0.25, -0.2) is 0 Å². The minimum absolute atomic E-state index is 0.0601. The van der Waals surface area contributed by atoms with Crippen molar-refractivity contribution in [2.45, 2.75) is 32.2 Å². The number of carbonyl (C=O) groups is 2. The van der Waals surface area contributed by atoms with Gasteiger partial charge in [0, 0.05) is 70.5 Å². The number of pyridine rings is 1. The highest BCUT2D eigenvalue weighted by atomic mass is 16.2. The monoisotopic (exact) mass is 420 g/mol. The lowest BCUT2D eigenvalue weighted by atomic mass is 9.94. The predicted octanol–water partition coefficient (Wildman–Crippen LogP) is 2.60. The normalized spacial score (nSPS) is 18.2. The molecular weight excluding hydrogens is 388 g/mol. The second-order valence-electron chi connectivity index (χ2n) is 8.60. The largest absolute Gasteiger partial charge is 0.343 e. The fourth-order valence-electron chi connectivity index (χ4n) is 4.56. The maximum Gasteiger partial charge on any atom is 0.225 e. The quantitative estimate of drug-likeness (QED) is 0.721. The van der Waals surface area contributed by atoms with Crippen molar-refractivity contribution in [1.29, 1.82) is 0 Å². The Morgan fingerprint density at radius 3 is 2.16 bits per heavy atom. The van der Waals surface area contributed by atoms with E-state index in [1.165, 1.54) is 11.1 Å². The number of rotatable bonds is 6. The van der Waals surface area contributed by atoms with Crippen LogP contribution >= 0.6 is 0 Å². The number of hydrogen-bond donors (Lipinski definition) is 0. The molecule has 0 unspecified atom stereocenters. The highest BCUT2D eigenvalue weighted by Crippen LogP contribution is 2.22. The van der Waals surface area contributed by atoms with Crippen LogP contribution in [0.4, 0.5) is 0 Å². The summed E-state index contributed by atoms with van der Waals surface area (Å²) in [6.45, 7) is 5.71. The fraction of sp³-hybridized carbons (Fsp3) is 0.480. The van der Waals surface area contributed by atoms with Crippen LogP contribution in [0.15, 0.2) is 54.9 Å². The fourth-order valence-corrected chi connectivity index (χ4v) is 4.56. The van der Waals surface area contributed by atoms with Crippen molar-refractivity contribution in [3.63, 3.8) is 0 Å². The third-order valence-corrected chi connectivity index (χ3v) is 6.51. The van der Waals surface area contributed by atoms with Crippen molar-refractivity contribution in [1.82, 2.24) is 19.7 Å². The van der Waals surface area contributed by atoms with Crippen LogP contribution in [0.2, 0.25) is 0 Å². The van der Waals surface area contributed by atoms with Crippen LogP contribution in [0.3, 0.4) is 0 Å². The Morgan fingerprint density at radius 2 is 1.48 bits per heavy atom. The molecule has 0 N–H and O–H groups in total. The standard InChI is InChI=1S/C25H32N4O2/c30-24(7-6-21-4-2-1-3-5-21)28-14-10-23(11-15-28)25(31)29-18-16-27(17-19-29)20-22-8-12-26-13-9-22/h1-5,8-9,12-13,23H,6-7,10-11,14-20H2. The Kier molecular flexibility index (Phi) is 7.30. The van der Waals surface area contributed by atoms with E-state index in [9.17, 15) is 9.59 Å². The maximum atomic E-state index is 13.0. The van der Waals surface area contributed by atoms with E-state index in [0.717, 1.165) is 52.0 Å². The molecule has 0 bridgehead atoms. The van der Waals surface area contributed by atoms with Crippen LogP contribution in [0.25, 0.3) is 0 Å².